The van der Waals surface area contributed by atoms with Crippen molar-refractivity contribution in [3.05, 3.63) is 46.2 Å². The van der Waals surface area contributed by atoms with Gasteiger partial charge in [-0.3, -0.25) is 4.90 Å². The van der Waals surface area contributed by atoms with Crippen molar-refractivity contribution in [2.45, 2.75) is 32.0 Å². The highest BCUT2D eigenvalue weighted by Crippen LogP contribution is 2.19. The first-order chi connectivity index (χ1) is 11.4. The second-order valence-electron chi connectivity index (χ2n) is 6.02. The predicted molar refractivity (Wildman–Crippen MR) is 89.2 cm³/mol. The first-order valence-corrected chi connectivity index (χ1v) is 8.87. The maximum atomic E-state index is 5.82. The molecule has 1 aromatic carbocycles. The van der Waals surface area contributed by atoms with E-state index in [9.17, 15) is 0 Å². The second-order valence-corrected chi connectivity index (χ2v) is 6.80. The fraction of sp³-hybridized carbons (Fsp3) is 0.412. The van der Waals surface area contributed by atoms with Crippen molar-refractivity contribution in [3.63, 3.8) is 0 Å². The van der Waals surface area contributed by atoms with E-state index in [2.05, 4.69) is 44.2 Å². The Labute approximate surface area is 138 Å². The predicted octanol–water partition coefficient (Wildman–Crippen LogP) is 3.47. The molecule has 23 heavy (non-hydrogen) atoms. The van der Waals surface area contributed by atoms with Gasteiger partial charge in [0, 0.05) is 26.2 Å². The highest BCUT2D eigenvalue weighted by atomic mass is 32.1. The summed E-state index contributed by atoms with van der Waals surface area (Å²) in [6, 6.07) is 8.32. The fourth-order valence-electron chi connectivity index (χ4n) is 3.09. The van der Waals surface area contributed by atoms with Crippen LogP contribution < -0.4 is 0 Å². The molecule has 3 heterocycles. The van der Waals surface area contributed by atoms with E-state index >= 15 is 0 Å². The molecular formula is C17H19N3O2S. The van der Waals surface area contributed by atoms with E-state index in [4.69, 9.17) is 9.37 Å². The molecule has 0 aliphatic carbocycles. The second kappa shape index (κ2) is 6.78. The maximum Gasteiger partial charge on any atom is 0.135 e. The Morgan fingerprint density at radius 3 is 2.87 bits per heavy atom. The topological polar surface area (TPSA) is 51.4 Å². The standard InChI is InChI=1S/C17H19N3O2S/c1-2-15(21-6-1)11-20(10-14-5-7-23-12-14)9-13-3-4-16-17(8-13)19-22-18-16/h3-5,7-8,12,15H,1-2,6,9-11H2/t15-/m0/s1. The monoisotopic (exact) mass is 329 g/mol. The van der Waals surface area contributed by atoms with E-state index in [1.807, 2.05) is 6.07 Å². The van der Waals surface area contributed by atoms with Gasteiger partial charge in [0.1, 0.15) is 11.0 Å². The lowest BCUT2D eigenvalue weighted by atomic mass is 10.1. The number of nitrogens with zero attached hydrogens (tertiary/aromatic N) is 3. The molecule has 1 atom stereocenters. The number of aromatic nitrogens is 2. The van der Waals surface area contributed by atoms with Crippen molar-refractivity contribution in [2.75, 3.05) is 13.2 Å². The molecule has 1 aliphatic heterocycles. The van der Waals surface area contributed by atoms with Crippen molar-refractivity contribution in [3.8, 4) is 0 Å². The Morgan fingerprint density at radius 2 is 2.04 bits per heavy atom. The minimum absolute atomic E-state index is 0.353. The normalized spacial score (nSPS) is 18.2. The molecule has 0 unspecified atom stereocenters. The molecule has 6 heteroatoms. The average molecular weight is 329 g/mol. The Morgan fingerprint density at radius 1 is 1.13 bits per heavy atom. The molecule has 120 valence electrons. The SMILES string of the molecule is c1cc(CN(Cc2ccc3nonc3c2)C[C@@H]2CCCO2)cs1. The van der Waals surface area contributed by atoms with Crippen molar-refractivity contribution >= 4 is 22.4 Å². The van der Waals surface area contributed by atoms with E-state index in [1.54, 1.807) is 11.3 Å². The van der Waals surface area contributed by atoms with Gasteiger partial charge in [0.15, 0.2) is 0 Å². The van der Waals surface area contributed by atoms with Gasteiger partial charge in [0.2, 0.25) is 0 Å². The molecule has 0 spiro atoms. The molecule has 1 aliphatic rings. The fourth-order valence-corrected chi connectivity index (χ4v) is 3.75. The molecule has 1 fully saturated rings. The quantitative estimate of drug-likeness (QED) is 0.693. The molecule has 1 saturated heterocycles. The summed E-state index contributed by atoms with van der Waals surface area (Å²) >= 11 is 1.75. The summed E-state index contributed by atoms with van der Waals surface area (Å²) in [6.07, 6.45) is 2.69. The van der Waals surface area contributed by atoms with Gasteiger partial charge in [0.05, 0.1) is 6.10 Å². The van der Waals surface area contributed by atoms with Crippen LogP contribution in [0.3, 0.4) is 0 Å². The largest absolute Gasteiger partial charge is 0.377 e. The minimum atomic E-state index is 0.353. The van der Waals surface area contributed by atoms with Crippen molar-refractivity contribution in [2.24, 2.45) is 0 Å². The smallest absolute Gasteiger partial charge is 0.135 e. The maximum absolute atomic E-state index is 5.82. The van der Waals surface area contributed by atoms with E-state index in [1.165, 1.54) is 17.5 Å². The van der Waals surface area contributed by atoms with Crippen LogP contribution in [0, 0.1) is 0 Å². The van der Waals surface area contributed by atoms with E-state index in [0.717, 1.165) is 43.7 Å². The minimum Gasteiger partial charge on any atom is -0.377 e. The summed E-state index contributed by atoms with van der Waals surface area (Å²) < 4.78 is 10.6. The van der Waals surface area contributed by atoms with Gasteiger partial charge in [0.25, 0.3) is 0 Å². The van der Waals surface area contributed by atoms with Gasteiger partial charge < -0.3 is 4.74 Å². The van der Waals surface area contributed by atoms with Gasteiger partial charge in [-0.2, -0.15) is 11.3 Å². The molecule has 0 radical (unpaired) electrons. The third kappa shape index (κ3) is 3.60. The van der Waals surface area contributed by atoms with Gasteiger partial charge >= 0.3 is 0 Å². The van der Waals surface area contributed by atoms with Crippen LogP contribution in [-0.2, 0) is 17.8 Å². The van der Waals surface area contributed by atoms with Crippen LogP contribution in [0.5, 0.6) is 0 Å². The van der Waals surface area contributed by atoms with Crippen molar-refractivity contribution in [1.82, 2.24) is 15.2 Å². The lowest BCUT2D eigenvalue weighted by Gasteiger charge is -2.25. The lowest BCUT2D eigenvalue weighted by Crippen LogP contribution is -2.31. The molecule has 2 aromatic heterocycles. The van der Waals surface area contributed by atoms with Crippen molar-refractivity contribution < 1.29 is 9.37 Å². The summed E-state index contributed by atoms with van der Waals surface area (Å²) in [5.41, 5.74) is 4.20. The molecule has 5 nitrogen and oxygen atoms in total. The molecule has 0 saturated carbocycles. The van der Waals surface area contributed by atoms with Gasteiger partial charge in [-0.1, -0.05) is 6.07 Å². The highest BCUT2D eigenvalue weighted by Gasteiger charge is 2.20. The zero-order valence-corrected chi connectivity index (χ0v) is 13.7. The molecule has 0 bridgehead atoms. The number of hydrogen-bond acceptors (Lipinski definition) is 6. The lowest BCUT2D eigenvalue weighted by molar-refractivity contribution is 0.0679. The number of benzene rings is 1. The van der Waals surface area contributed by atoms with Gasteiger partial charge in [-0.05, 0) is 63.2 Å². The number of ether oxygens (including phenoxy) is 1. The molecule has 4 rings (SSSR count). The third-order valence-corrected chi connectivity index (χ3v) is 4.93. The van der Waals surface area contributed by atoms with E-state index in [-0.39, 0.29) is 0 Å². The summed E-state index contributed by atoms with van der Waals surface area (Å²) in [5, 5.41) is 12.1. The van der Waals surface area contributed by atoms with Crippen LogP contribution in [0.1, 0.15) is 24.0 Å². The Bertz CT molecular complexity index is 750. The zero-order valence-electron chi connectivity index (χ0n) is 12.9. The van der Waals surface area contributed by atoms with E-state index < -0.39 is 0 Å². The molecular weight excluding hydrogens is 310 g/mol. The van der Waals surface area contributed by atoms with Crippen LogP contribution in [-0.4, -0.2) is 34.5 Å². The molecule has 3 aromatic rings. The first kappa shape index (κ1) is 14.8. The molecule has 0 N–H and O–H groups in total. The average Bonchev–Trinajstić information content (AvgIpc) is 3.29. The van der Waals surface area contributed by atoms with Crippen LogP contribution in [0.4, 0.5) is 0 Å². The summed E-state index contributed by atoms with van der Waals surface area (Å²) in [6.45, 7) is 3.68. The Balaban J connectivity index is 1.50. The van der Waals surface area contributed by atoms with Gasteiger partial charge in [-0.25, -0.2) is 4.63 Å². The summed E-state index contributed by atoms with van der Waals surface area (Å²) in [5.74, 6) is 0. The number of thiophene rings is 1. The van der Waals surface area contributed by atoms with Gasteiger partial charge in [-0.15, -0.1) is 0 Å². The number of fused-ring (bicyclic) bond motifs is 1. The van der Waals surface area contributed by atoms with Crippen LogP contribution in [0.25, 0.3) is 11.0 Å². The van der Waals surface area contributed by atoms with Crippen LogP contribution in [0.2, 0.25) is 0 Å². The number of rotatable bonds is 6. The third-order valence-electron chi connectivity index (χ3n) is 4.20. The summed E-state index contributed by atoms with van der Waals surface area (Å²) in [7, 11) is 0. The van der Waals surface area contributed by atoms with Crippen LogP contribution >= 0.6 is 11.3 Å². The van der Waals surface area contributed by atoms with Crippen LogP contribution in [0.15, 0.2) is 39.7 Å². The number of hydrogen-bond donors (Lipinski definition) is 0. The highest BCUT2D eigenvalue weighted by molar-refractivity contribution is 7.07. The Kier molecular flexibility index (Phi) is 4.37. The first-order valence-electron chi connectivity index (χ1n) is 7.93. The summed E-state index contributed by atoms with van der Waals surface area (Å²) in [4.78, 5) is 2.45. The van der Waals surface area contributed by atoms with Crippen molar-refractivity contribution in [1.29, 1.82) is 0 Å². The Hall–Kier alpha value is -1.76. The molecule has 0 amide bonds. The van der Waals surface area contributed by atoms with E-state index in [0.29, 0.717) is 6.10 Å². The zero-order chi connectivity index (χ0) is 15.5.